The first-order valence-corrected chi connectivity index (χ1v) is 12.8. The molecule has 2 heteroatoms. The fourth-order valence-electron chi connectivity index (χ4n) is 3.88. The van der Waals surface area contributed by atoms with Crippen LogP contribution in [0.25, 0.3) is 0 Å². The van der Waals surface area contributed by atoms with Gasteiger partial charge in [0.15, 0.2) is 11.6 Å². The highest BCUT2D eigenvalue weighted by Gasteiger charge is 2.11. The Morgan fingerprint density at radius 3 is 1.63 bits per heavy atom. The predicted molar refractivity (Wildman–Crippen MR) is 142 cm³/mol. The molecule has 0 fully saturated rings. The Hall–Kier alpha value is -3.36. The molecule has 3 aromatic rings. The molecule has 0 spiro atoms. The van der Waals surface area contributed by atoms with Crippen molar-refractivity contribution in [2.75, 3.05) is 0 Å². The fraction of sp³-hybridized carbons (Fsp3) is 0.333. The SMILES string of the molecule is CCCCCCc1ccc(C#Cc2ccc(C#Cc3ccc(CCCCC)c(F)c3F)cc2)cc1. The van der Waals surface area contributed by atoms with Crippen molar-refractivity contribution in [1.82, 2.24) is 0 Å². The van der Waals surface area contributed by atoms with E-state index in [1.165, 1.54) is 31.2 Å². The lowest BCUT2D eigenvalue weighted by Gasteiger charge is -2.05. The summed E-state index contributed by atoms with van der Waals surface area (Å²) in [6.07, 6.45) is 9.67. The first kappa shape index (κ1) is 26.2. The highest BCUT2D eigenvalue weighted by molar-refractivity contribution is 5.48. The van der Waals surface area contributed by atoms with Gasteiger partial charge in [0.2, 0.25) is 0 Å². The topological polar surface area (TPSA) is 0 Å². The Labute approximate surface area is 209 Å². The largest absolute Gasteiger partial charge is 0.203 e. The molecule has 0 nitrogen and oxygen atoms in total. The normalized spacial score (nSPS) is 10.3. The molecular formula is C33H34F2. The Kier molecular flexibility index (Phi) is 10.6. The standard InChI is InChI=1S/C33H34F2/c1-3-5-7-9-10-26-12-14-27(15-13-26)16-17-28-18-20-29(21-19-28)22-23-31-25-24-30(11-8-6-4-2)32(34)33(31)35/h12-15,18-21,24-25H,3-11H2,1-2H3. The highest BCUT2D eigenvalue weighted by Crippen LogP contribution is 2.18. The Balaban J connectivity index is 1.60. The second kappa shape index (κ2) is 14.1. The van der Waals surface area contributed by atoms with Crippen molar-refractivity contribution >= 4 is 0 Å². The summed E-state index contributed by atoms with van der Waals surface area (Å²) >= 11 is 0. The zero-order valence-electron chi connectivity index (χ0n) is 20.9. The molecule has 0 saturated heterocycles. The first-order valence-electron chi connectivity index (χ1n) is 12.8. The summed E-state index contributed by atoms with van der Waals surface area (Å²) in [4.78, 5) is 0. The van der Waals surface area contributed by atoms with Crippen LogP contribution < -0.4 is 0 Å². The van der Waals surface area contributed by atoms with Crippen molar-refractivity contribution in [3.05, 3.63) is 106 Å². The molecule has 0 amide bonds. The molecule has 0 bridgehead atoms. The number of hydrogen-bond acceptors (Lipinski definition) is 0. The van der Waals surface area contributed by atoms with Crippen LogP contribution in [0, 0.1) is 35.3 Å². The summed E-state index contributed by atoms with van der Waals surface area (Å²) in [5.74, 6) is 10.4. The van der Waals surface area contributed by atoms with E-state index in [1.54, 1.807) is 12.1 Å². The van der Waals surface area contributed by atoms with Gasteiger partial charge in [-0.25, -0.2) is 8.78 Å². The molecular weight excluding hydrogens is 434 g/mol. The highest BCUT2D eigenvalue weighted by atomic mass is 19.2. The van der Waals surface area contributed by atoms with Gasteiger partial charge in [-0.15, -0.1) is 0 Å². The molecule has 0 aromatic heterocycles. The summed E-state index contributed by atoms with van der Waals surface area (Å²) in [5, 5.41) is 0. The Morgan fingerprint density at radius 1 is 0.514 bits per heavy atom. The van der Waals surface area contributed by atoms with Gasteiger partial charge in [-0.1, -0.05) is 87.8 Å². The van der Waals surface area contributed by atoms with Gasteiger partial charge in [-0.05, 0) is 79.3 Å². The molecule has 0 unspecified atom stereocenters. The fourth-order valence-corrected chi connectivity index (χ4v) is 3.88. The van der Waals surface area contributed by atoms with Gasteiger partial charge in [-0.2, -0.15) is 0 Å². The number of halogens is 2. The van der Waals surface area contributed by atoms with Crippen molar-refractivity contribution in [1.29, 1.82) is 0 Å². The van der Waals surface area contributed by atoms with Gasteiger partial charge in [0, 0.05) is 16.7 Å². The maximum absolute atomic E-state index is 14.4. The van der Waals surface area contributed by atoms with E-state index in [1.807, 2.05) is 24.3 Å². The molecule has 35 heavy (non-hydrogen) atoms. The first-order chi connectivity index (χ1) is 17.1. The van der Waals surface area contributed by atoms with E-state index in [0.29, 0.717) is 12.0 Å². The molecule has 180 valence electrons. The smallest absolute Gasteiger partial charge is 0.174 e. The Bertz CT molecular complexity index is 1200. The summed E-state index contributed by atoms with van der Waals surface area (Å²) in [7, 11) is 0. The van der Waals surface area contributed by atoms with Crippen molar-refractivity contribution in [2.45, 2.75) is 71.6 Å². The third-order valence-corrected chi connectivity index (χ3v) is 6.06. The van der Waals surface area contributed by atoms with Crippen molar-refractivity contribution in [2.24, 2.45) is 0 Å². The molecule has 0 saturated carbocycles. The minimum Gasteiger partial charge on any atom is -0.203 e. The summed E-state index contributed by atoms with van der Waals surface area (Å²) < 4.78 is 28.8. The number of unbranched alkanes of at least 4 members (excludes halogenated alkanes) is 5. The lowest BCUT2D eigenvalue weighted by molar-refractivity contribution is 0.494. The Morgan fingerprint density at radius 2 is 1.03 bits per heavy atom. The second-order valence-corrected chi connectivity index (χ2v) is 8.94. The third-order valence-electron chi connectivity index (χ3n) is 6.06. The van der Waals surface area contributed by atoms with Gasteiger partial charge in [-0.3, -0.25) is 0 Å². The van der Waals surface area contributed by atoms with E-state index in [4.69, 9.17) is 0 Å². The minimum absolute atomic E-state index is 0.0828. The number of benzene rings is 3. The molecule has 3 aromatic carbocycles. The summed E-state index contributed by atoms with van der Waals surface area (Å²) in [6, 6.07) is 19.2. The molecule has 0 N–H and O–H groups in total. The quantitative estimate of drug-likeness (QED) is 0.218. The average molecular weight is 469 g/mol. The monoisotopic (exact) mass is 468 g/mol. The van der Waals surface area contributed by atoms with Crippen LogP contribution in [0.2, 0.25) is 0 Å². The maximum atomic E-state index is 14.4. The molecule has 0 aliphatic heterocycles. The van der Waals surface area contributed by atoms with Gasteiger partial charge in [0.1, 0.15) is 0 Å². The lowest BCUT2D eigenvalue weighted by Crippen LogP contribution is -1.98. The predicted octanol–water partition coefficient (Wildman–Crippen LogP) is 8.62. The van der Waals surface area contributed by atoms with Crippen LogP contribution >= 0.6 is 0 Å². The zero-order chi connectivity index (χ0) is 24.9. The van der Waals surface area contributed by atoms with Crippen LogP contribution in [0.15, 0.2) is 60.7 Å². The zero-order valence-corrected chi connectivity index (χ0v) is 20.9. The van der Waals surface area contributed by atoms with E-state index in [2.05, 4.69) is 61.8 Å². The molecule has 0 atom stereocenters. The van der Waals surface area contributed by atoms with Crippen LogP contribution in [-0.4, -0.2) is 0 Å². The molecule has 3 rings (SSSR count). The van der Waals surface area contributed by atoms with Gasteiger partial charge < -0.3 is 0 Å². The number of hydrogen-bond donors (Lipinski definition) is 0. The summed E-state index contributed by atoms with van der Waals surface area (Å²) in [6.45, 7) is 4.32. The van der Waals surface area contributed by atoms with Crippen LogP contribution in [0.4, 0.5) is 8.78 Å². The van der Waals surface area contributed by atoms with Crippen molar-refractivity contribution in [3.8, 4) is 23.7 Å². The van der Waals surface area contributed by atoms with E-state index >= 15 is 0 Å². The number of rotatable bonds is 9. The van der Waals surface area contributed by atoms with Gasteiger partial charge >= 0.3 is 0 Å². The van der Waals surface area contributed by atoms with E-state index in [0.717, 1.165) is 42.4 Å². The molecule has 0 heterocycles. The van der Waals surface area contributed by atoms with Gasteiger partial charge in [0.25, 0.3) is 0 Å². The van der Waals surface area contributed by atoms with E-state index in [9.17, 15) is 8.78 Å². The van der Waals surface area contributed by atoms with Crippen LogP contribution in [-0.2, 0) is 12.8 Å². The molecule has 0 aliphatic rings. The summed E-state index contributed by atoms with van der Waals surface area (Å²) in [5.41, 5.74) is 4.46. The van der Waals surface area contributed by atoms with E-state index < -0.39 is 11.6 Å². The maximum Gasteiger partial charge on any atom is 0.174 e. The molecule has 0 aliphatic carbocycles. The third kappa shape index (κ3) is 8.42. The van der Waals surface area contributed by atoms with Crippen LogP contribution in [0.1, 0.15) is 92.2 Å². The van der Waals surface area contributed by atoms with Crippen molar-refractivity contribution in [3.63, 3.8) is 0 Å². The van der Waals surface area contributed by atoms with Crippen molar-refractivity contribution < 1.29 is 8.78 Å². The number of aryl methyl sites for hydroxylation is 2. The second-order valence-electron chi connectivity index (χ2n) is 8.94. The van der Waals surface area contributed by atoms with Crippen LogP contribution in [0.5, 0.6) is 0 Å². The molecule has 0 radical (unpaired) electrons. The van der Waals surface area contributed by atoms with Gasteiger partial charge in [0.05, 0.1) is 5.56 Å². The minimum atomic E-state index is -0.860. The lowest BCUT2D eigenvalue weighted by atomic mass is 10.0. The van der Waals surface area contributed by atoms with Crippen LogP contribution in [0.3, 0.4) is 0 Å². The van der Waals surface area contributed by atoms with E-state index in [-0.39, 0.29) is 5.56 Å². The average Bonchev–Trinajstić information content (AvgIpc) is 2.89.